The minimum Gasteiger partial charge on any atom is -0.365 e. The van der Waals surface area contributed by atoms with E-state index >= 15 is 0 Å². The molecule has 7 heteroatoms. The molecular formula is C28H29ClN4O2. The SMILES string of the molecule is Cc1[nH]ccc1CN(CCc1c[nH]c2cc(Cl)ccc12)C1CCc2cc(C=CC(=O)NO)ccc21. The summed E-state index contributed by atoms with van der Waals surface area (Å²) in [4.78, 5) is 20.6. The third kappa shape index (κ3) is 5.05. The largest absolute Gasteiger partial charge is 0.365 e. The predicted molar refractivity (Wildman–Crippen MR) is 139 cm³/mol. The Bertz CT molecular complexity index is 1390. The minimum atomic E-state index is -0.532. The highest BCUT2D eigenvalue weighted by Crippen LogP contribution is 2.38. The van der Waals surface area contributed by atoms with Crippen molar-refractivity contribution in [2.24, 2.45) is 0 Å². The number of carbonyl (C=O) groups is 1. The number of rotatable bonds is 8. The summed E-state index contributed by atoms with van der Waals surface area (Å²) >= 11 is 6.17. The fourth-order valence-corrected chi connectivity index (χ4v) is 5.33. The summed E-state index contributed by atoms with van der Waals surface area (Å²) in [7, 11) is 0. The highest BCUT2D eigenvalue weighted by molar-refractivity contribution is 6.31. The van der Waals surface area contributed by atoms with Gasteiger partial charge in [-0.15, -0.1) is 0 Å². The average molecular weight is 489 g/mol. The van der Waals surface area contributed by atoms with Crippen LogP contribution in [0.3, 0.4) is 0 Å². The Labute approximate surface area is 209 Å². The van der Waals surface area contributed by atoms with Crippen molar-refractivity contribution in [3.8, 4) is 0 Å². The lowest BCUT2D eigenvalue weighted by Crippen LogP contribution is -2.29. The molecule has 1 aliphatic carbocycles. The van der Waals surface area contributed by atoms with Crippen LogP contribution in [0.15, 0.2) is 60.9 Å². The third-order valence-corrected chi connectivity index (χ3v) is 7.26. The quantitative estimate of drug-likeness (QED) is 0.146. The number of aryl methyl sites for hydroxylation is 2. The molecule has 2 aromatic heterocycles. The summed E-state index contributed by atoms with van der Waals surface area (Å²) in [6.07, 6.45) is 10.2. The molecule has 2 heterocycles. The smallest absolute Gasteiger partial charge is 0.267 e. The first-order chi connectivity index (χ1) is 17.0. The number of hydrogen-bond donors (Lipinski definition) is 4. The predicted octanol–water partition coefficient (Wildman–Crippen LogP) is 5.71. The maximum Gasteiger partial charge on any atom is 0.267 e. The Morgan fingerprint density at radius 3 is 2.89 bits per heavy atom. The van der Waals surface area contributed by atoms with Gasteiger partial charge in [-0.25, -0.2) is 5.48 Å². The zero-order chi connectivity index (χ0) is 24.4. The Morgan fingerprint density at radius 1 is 1.20 bits per heavy atom. The first kappa shape index (κ1) is 23.4. The molecule has 0 bridgehead atoms. The second kappa shape index (κ2) is 10.1. The zero-order valence-electron chi connectivity index (χ0n) is 19.6. The number of fused-ring (bicyclic) bond motifs is 2. The third-order valence-electron chi connectivity index (χ3n) is 7.03. The lowest BCUT2D eigenvalue weighted by atomic mass is 10.0. The molecule has 1 aliphatic rings. The van der Waals surface area contributed by atoms with Crippen molar-refractivity contribution in [3.05, 3.63) is 99.5 Å². The van der Waals surface area contributed by atoms with Crippen LogP contribution >= 0.6 is 11.6 Å². The number of benzene rings is 2. The van der Waals surface area contributed by atoms with E-state index in [0.717, 1.165) is 48.5 Å². The van der Waals surface area contributed by atoms with Gasteiger partial charge in [0.05, 0.1) is 0 Å². The van der Waals surface area contributed by atoms with Crippen LogP contribution in [0, 0.1) is 6.92 Å². The number of hydrogen-bond acceptors (Lipinski definition) is 3. The molecule has 2 aromatic carbocycles. The molecule has 35 heavy (non-hydrogen) atoms. The molecule has 4 aromatic rings. The van der Waals surface area contributed by atoms with Crippen LogP contribution in [0.5, 0.6) is 0 Å². The van der Waals surface area contributed by atoms with E-state index in [0.29, 0.717) is 6.04 Å². The van der Waals surface area contributed by atoms with Gasteiger partial charge in [-0.3, -0.25) is 14.9 Å². The number of nitrogens with one attached hydrogen (secondary N) is 3. The van der Waals surface area contributed by atoms with Crippen molar-refractivity contribution in [1.82, 2.24) is 20.3 Å². The lowest BCUT2D eigenvalue weighted by Gasteiger charge is -2.30. The van der Waals surface area contributed by atoms with Gasteiger partial charge in [0.25, 0.3) is 5.91 Å². The maximum absolute atomic E-state index is 11.3. The van der Waals surface area contributed by atoms with E-state index in [-0.39, 0.29) is 0 Å². The van der Waals surface area contributed by atoms with Crippen molar-refractivity contribution >= 4 is 34.5 Å². The molecule has 0 fully saturated rings. The minimum absolute atomic E-state index is 0.331. The standard InChI is InChI=1S/C28H29ClN4O2/c1-18-22(10-12-30-18)17-33(13-11-21-16-31-26-15-23(29)5-7-24(21)26)27-8-4-20-14-19(2-6-25(20)27)3-9-28(34)32-35/h2-3,5-7,9-10,12,14-16,27,30-31,35H,4,8,11,13,17H2,1H3,(H,32,34). The molecule has 0 saturated carbocycles. The Hall–Kier alpha value is -3.32. The van der Waals surface area contributed by atoms with Gasteiger partial charge in [0.15, 0.2) is 0 Å². The topological polar surface area (TPSA) is 84.2 Å². The average Bonchev–Trinajstić information content (AvgIpc) is 3.58. The van der Waals surface area contributed by atoms with Crippen molar-refractivity contribution < 1.29 is 10.0 Å². The van der Waals surface area contributed by atoms with Crippen LogP contribution in [0.25, 0.3) is 17.0 Å². The Kier molecular flexibility index (Phi) is 6.77. The molecule has 0 aliphatic heterocycles. The molecule has 0 spiro atoms. The normalized spacial score (nSPS) is 15.4. The summed E-state index contributed by atoms with van der Waals surface area (Å²) < 4.78 is 0. The van der Waals surface area contributed by atoms with E-state index in [1.807, 2.05) is 24.4 Å². The first-order valence-corrected chi connectivity index (χ1v) is 12.3. The Balaban J connectivity index is 1.39. The number of halogens is 1. The molecule has 0 radical (unpaired) electrons. The number of carbonyl (C=O) groups excluding carboxylic acids is 1. The van der Waals surface area contributed by atoms with Gasteiger partial charge in [0.1, 0.15) is 0 Å². The van der Waals surface area contributed by atoms with Crippen LogP contribution in [0.4, 0.5) is 0 Å². The zero-order valence-corrected chi connectivity index (χ0v) is 20.4. The van der Waals surface area contributed by atoms with Crippen molar-refractivity contribution in [2.45, 2.75) is 38.8 Å². The van der Waals surface area contributed by atoms with Gasteiger partial charge in [-0.1, -0.05) is 35.9 Å². The van der Waals surface area contributed by atoms with E-state index in [4.69, 9.17) is 16.8 Å². The number of nitrogens with zero attached hydrogens (tertiary/aromatic N) is 1. The fourth-order valence-electron chi connectivity index (χ4n) is 5.16. The Morgan fingerprint density at radius 2 is 2.09 bits per heavy atom. The summed E-state index contributed by atoms with van der Waals surface area (Å²) in [6, 6.07) is 14.9. The van der Waals surface area contributed by atoms with Crippen LogP contribution in [-0.4, -0.2) is 32.5 Å². The molecule has 1 amide bonds. The molecule has 1 atom stereocenters. The molecule has 0 saturated heterocycles. The van der Waals surface area contributed by atoms with Crippen molar-refractivity contribution in [2.75, 3.05) is 6.54 Å². The van der Waals surface area contributed by atoms with E-state index in [1.165, 1.54) is 39.4 Å². The summed E-state index contributed by atoms with van der Waals surface area (Å²) in [5.74, 6) is -0.532. The highest BCUT2D eigenvalue weighted by atomic mass is 35.5. The van der Waals surface area contributed by atoms with Crippen LogP contribution in [0.1, 0.15) is 46.0 Å². The van der Waals surface area contributed by atoms with E-state index < -0.39 is 5.91 Å². The number of aromatic nitrogens is 2. The van der Waals surface area contributed by atoms with Crippen LogP contribution < -0.4 is 5.48 Å². The number of hydroxylamine groups is 1. The van der Waals surface area contributed by atoms with Gasteiger partial charge in [-0.2, -0.15) is 0 Å². The van der Waals surface area contributed by atoms with Crippen molar-refractivity contribution in [3.63, 3.8) is 0 Å². The van der Waals surface area contributed by atoms with E-state index in [2.05, 4.69) is 52.3 Å². The van der Waals surface area contributed by atoms with Gasteiger partial charge in [-0.05, 0) is 78.3 Å². The van der Waals surface area contributed by atoms with Crippen LogP contribution in [-0.2, 0) is 24.2 Å². The van der Waals surface area contributed by atoms with Crippen molar-refractivity contribution in [1.29, 1.82) is 0 Å². The molecule has 4 N–H and O–H groups in total. The van der Waals surface area contributed by atoms with Gasteiger partial charge < -0.3 is 9.97 Å². The monoisotopic (exact) mass is 488 g/mol. The highest BCUT2D eigenvalue weighted by Gasteiger charge is 2.28. The van der Waals surface area contributed by atoms with E-state index in [1.54, 1.807) is 11.6 Å². The maximum atomic E-state index is 11.3. The second-order valence-corrected chi connectivity index (χ2v) is 9.61. The summed E-state index contributed by atoms with van der Waals surface area (Å²) in [5.41, 5.74) is 10.2. The summed E-state index contributed by atoms with van der Waals surface area (Å²) in [5, 5.41) is 10.7. The number of amides is 1. The molecule has 180 valence electrons. The second-order valence-electron chi connectivity index (χ2n) is 9.17. The van der Waals surface area contributed by atoms with Crippen LogP contribution in [0.2, 0.25) is 5.02 Å². The molecule has 1 unspecified atom stereocenters. The van der Waals surface area contributed by atoms with E-state index in [9.17, 15) is 4.79 Å². The first-order valence-electron chi connectivity index (χ1n) is 11.9. The lowest BCUT2D eigenvalue weighted by molar-refractivity contribution is -0.124. The number of aromatic amines is 2. The van der Waals surface area contributed by atoms with Gasteiger partial charge >= 0.3 is 0 Å². The molecular weight excluding hydrogens is 460 g/mol. The fraction of sp³-hybridized carbons (Fsp3) is 0.250. The molecule has 6 nitrogen and oxygen atoms in total. The van der Waals surface area contributed by atoms with Gasteiger partial charge in [0.2, 0.25) is 0 Å². The van der Waals surface area contributed by atoms with Gasteiger partial charge in [0, 0.05) is 59.2 Å². The number of H-pyrrole nitrogens is 2. The summed E-state index contributed by atoms with van der Waals surface area (Å²) in [6.45, 7) is 3.94. The molecule has 5 rings (SSSR count).